The molecule has 0 saturated heterocycles. The zero-order valence-corrected chi connectivity index (χ0v) is 15.1. The van der Waals surface area contributed by atoms with Crippen molar-refractivity contribution >= 4 is 43.2 Å². The lowest BCUT2D eigenvalue weighted by molar-refractivity contribution is 0.579. The number of benzene rings is 1. The summed E-state index contributed by atoms with van der Waals surface area (Å²) in [6.45, 7) is 7.17. The van der Waals surface area contributed by atoms with E-state index in [0.29, 0.717) is 6.04 Å². The monoisotopic (exact) mass is 402 g/mol. The fourth-order valence-corrected chi connectivity index (χ4v) is 3.59. The summed E-state index contributed by atoms with van der Waals surface area (Å²) in [6, 6.07) is 6.65. The summed E-state index contributed by atoms with van der Waals surface area (Å²) >= 11 is 8.79. The van der Waals surface area contributed by atoms with Crippen molar-refractivity contribution < 1.29 is 0 Å². The van der Waals surface area contributed by atoms with Gasteiger partial charge in [-0.05, 0) is 70.3 Å². The molecule has 19 heavy (non-hydrogen) atoms. The van der Waals surface area contributed by atoms with Crippen LogP contribution in [0.25, 0.3) is 0 Å². The molecule has 1 unspecified atom stereocenters. The highest BCUT2D eigenvalue weighted by Crippen LogP contribution is 2.26. The summed E-state index contributed by atoms with van der Waals surface area (Å²) in [6.07, 6.45) is 0. The molecule has 2 aromatic rings. The normalized spacial score (nSPS) is 12.7. The standard InChI is InChI=1S/C14H16Br2N2S/c1-8(14-9(2)18-10(3)19-14)17-7-11-4-5-12(15)13(16)6-11/h4-6,8,17H,7H2,1-3H3. The Morgan fingerprint density at radius 1 is 1.26 bits per heavy atom. The van der Waals surface area contributed by atoms with E-state index in [2.05, 4.69) is 81.1 Å². The molecule has 0 bridgehead atoms. The van der Waals surface area contributed by atoms with Gasteiger partial charge >= 0.3 is 0 Å². The summed E-state index contributed by atoms with van der Waals surface area (Å²) in [5, 5.41) is 4.68. The molecule has 5 heteroatoms. The van der Waals surface area contributed by atoms with E-state index in [0.717, 1.165) is 26.2 Å². The zero-order valence-electron chi connectivity index (χ0n) is 11.1. The van der Waals surface area contributed by atoms with Gasteiger partial charge in [-0.3, -0.25) is 0 Å². The van der Waals surface area contributed by atoms with Crippen molar-refractivity contribution in [3.63, 3.8) is 0 Å². The summed E-state index contributed by atoms with van der Waals surface area (Å²) < 4.78 is 2.17. The molecule has 2 rings (SSSR count). The van der Waals surface area contributed by atoms with Crippen LogP contribution in [0.4, 0.5) is 0 Å². The van der Waals surface area contributed by atoms with Crippen molar-refractivity contribution in [1.29, 1.82) is 0 Å². The molecule has 0 saturated carbocycles. The van der Waals surface area contributed by atoms with Crippen LogP contribution in [0.2, 0.25) is 0 Å². The van der Waals surface area contributed by atoms with Crippen LogP contribution in [0.3, 0.4) is 0 Å². The molecular formula is C14H16Br2N2S. The van der Waals surface area contributed by atoms with E-state index in [1.807, 2.05) is 0 Å². The van der Waals surface area contributed by atoms with E-state index < -0.39 is 0 Å². The van der Waals surface area contributed by atoms with Crippen molar-refractivity contribution in [3.8, 4) is 0 Å². The Balaban J connectivity index is 2.02. The molecule has 1 N–H and O–H groups in total. The van der Waals surface area contributed by atoms with Crippen molar-refractivity contribution in [1.82, 2.24) is 10.3 Å². The Morgan fingerprint density at radius 2 is 2.00 bits per heavy atom. The molecule has 0 amide bonds. The summed E-state index contributed by atoms with van der Waals surface area (Å²) in [5.41, 5.74) is 2.40. The molecular weight excluding hydrogens is 388 g/mol. The van der Waals surface area contributed by atoms with E-state index in [4.69, 9.17) is 0 Å². The quantitative estimate of drug-likeness (QED) is 0.764. The molecule has 0 aliphatic heterocycles. The van der Waals surface area contributed by atoms with Gasteiger partial charge in [0, 0.05) is 26.4 Å². The number of rotatable bonds is 4. The largest absolute Gasteiger partial charge is 0.305 e. The van der Waals surface area contributed by atoms with Gasteiger partial charge in [0.25, 0.3) is 0 Å². The number of nitrogens with zero attached hydrogens (tertiary/aromatic N) is 1. The van der Waals surface area contributed by atoms with Gasteiger partial charge in [0.1, 0.15) is 0 Å². The lowest BCUT2D eigenvalue weighted by Crippen LogP contribution is -2.17. The average Bonchev–Trinajstić information content (AvgIpc) is 2.70. The third-order valence-electron chi connectivity index (χ3n) is 2.93. The molecule has 1 aromatic carbocycles. The number of hydrogen-bond donors (Lipinski definition) is 1. The van der Waals surface area contributed by atoms with Gasteiger partial charge in [-0.25, -0.2) is 4.98 Å². The topological polar surface area (TPSA) is 24.9 Å². The highest BCUT2D eigenvalue weighted by atomic mass is 79.9. The number of halogens is 2. The molecule has 0 radical (unpaired) electrons. The first kappa shape index (κ1) is 15.2. The van der Waals surface area contributed by atoms with Crippen molar-refractivity contribution in [2.75, 3.05) is 0 Å². The van der Waals surface area contributed by atoms with Gasteiger partial charge in [0.2, 0.25) is 0 Å². The van der Waals surface area contributed by atoms with E-state index in [1.54, 1.807) is 11.3 Å². The first-order chi connectivity index (χ1) is 8.97. The Labute approximate surface area is 134 Å². The van der Waals surface area contributed by atoms with E-state index in [9.17, 15) is 0 Å². The van der Waals surface area contributed by atoms with Gasteiger partial charge < -0.3 is 5.32 Å². The minimum atomic E-state index is 0.327. The second-order valence-electron chi connectivity index (χ2n) is 4.53. The molecule has 0 aliphatic carbocycles. The molecule has 1 heterocycles. The van der Waals surface area contributed by atoms with E-state index in [-0.39, 0.29) is 0 Å². The molecule has 1 aromatic heterocycles. The van der Waals surface area contributed by atoms with Gasteiger partial charge in [-0.15, -0.1) is 11.3 Å². The maximum Gasteiger partial charge on any atom is 0.0900 e. The van der Waals surface area contributed by atoms with Crippen molar-refractivity contribution in [2.24, 2.45) is 0 Å². The van der Waals surface area contributed by atoms with E-state index in [1.165, 1.54) is 10.4 Å². The predicted molar refractivity (Wildman–Crippen MR) is 88.7 cm³/mol. The number of thiazole rings is 1. The van der Waals surface area contributed by atoms with Crippen LogP contribution in [0, 0.1) is 13.8 Å². The summed E-state index contributed by atoms with van der Waals surface area (Å²) in [4.78, 5) is 5.81. The maximum absolute atomic E-state index is 4.48. The Bertz CT molecular complexity index is 581. The van der Waals surface area contributed by atoms with E-state index >= 15 is 0 Å². The van der Waals surface area contributed by atoms with Gasteiger partial charge in [0.05, 0.1) is 10.7 Å². The van der Waals surface area contributed by atoms with Gasteiger partial charge in [0.15, 0.2) is 0 Å². The lowest BCUT2D eigenvalue weighted by atomic mass is 10.2. The van der Waals surface area contributed by atoms with Crippen LogP contribution in [0.1, 0.15) is 34.1 Å². The van der Waals surface area contributed by atoms with Crippen LogP contribution in [-0.4, -0.2) is 4.98 Å². The average molecular weight is 404 g/mol. The number of aromatic nitrogens is 1. The summed E-state index contributed by atoms with van der Waals surface area (Å²) in [7, 11) is 0. The SMILES string of the molecule is Cc1nc(C)c(C(C)NCc2ccc(Br)c(Br)c2)s1. The molecule has 0 spiro atoms. The lowest BCUT2D eigenvalue weighted by Gasteiger charge is -2.13. The van der Waals surface area contributed by atoms with Crippen LogP contribution in [0.5, 0.6) is 0 Å². The third kappa shape index (κ3) is 3.88. The minimum Gasteiger partial charge on any atom is -0.305 e. The first-order valence-corrected chi connectivity index (χ1v) is 8.49. The fourth-order valence-electron chi connectivity index (χ4n) is 1.96. The molecule has 1 atom stereocenters. The highest BCUT2D eigenvalue weighted by Gasteiger charge is 2.12. The molecule has 0 fully saturated rings. The second kappa shape index (κ2) is 6.48. The minimum absolute atomic E-state index is 0.327. The van der Waals surface area contributed by atoms with Gasteiger partial charge in [-0.1, -0.05) is 6.07 Å². The Kier molecular flexibility index (Phi) is 5.17. The highest BCUT2D eigenvalue weighted by molar-refractivity contribution is 9.13. The Morgan fingerprint density at radius 3 is 2.58 bits per heavy atom. The van der Waals surface area contributed by atoms with Crippen molar-refractivity contribution in [3.05, 3.63) is 48.3 Å². The molecule has 102 valence electrons. The number of hydrogen-bond acceptors (Lipinski definition) is 3. The molecule has 0 aliphatic rings. The number of nitrogens with one attached hydrogen (secondary N) is 1. The number of aryl methyl sites for hydroxylation is 2. The van der Waals surface area contributed by atoms with Crippen LogP contribution in [-0.2, 0) is 6.54 Å². The van der Waals surface area contributed by atoms with Gasteiger partial charge in [-0.2, -0.15) is 0 Å². The van der Waals surface area contributed by atoms with Crippen LogP contribution in [0.15, 0.2) is 27.1 Å². The predicted octanol–water partition coefficient (Wildman–Crippen LogP) is 5.14. The third-order valence-corrected chi connectivity index (χ3v) is 6.06. The second-order valence-corrected chi connectivity index (χ2v) is 7.48. The summed E-state index contributed by atoms with van der Waals surface area (Å²) in [5.74, 6) is 0. The smallest absolute Gasteiger partial charge is 0.0900 e. The van der Waals surface area contributed by atoms with Crippen molar-refractivity contribution in [2.45, 2.75) is 33.4 Å². The maximum atomic E-state index is 4.48. The fraction of sp³-hybridized carbons (Fsp3) is 0.357. The Hall–Kier alpha value is -0.230. The first-order valence-electron chi connectivity index (χ1n) is 6.08. The molecule has 2 nitrogen and oxygen atoms in total. The van der Waals surface area contributed by atoms with Crippen LogP contribution < -0.4 is 5.32 Å². The zero-order chi connectivity index (χ0) is 14.0. The van der Waals surface area contributed by atoms with Crippen LogP contribution >= 0.6 is 43.2 Å².